The lowest BCUT2D eigenvalue weighted by Gasteiger charge is -2.13. The number of nitrogens with one attached hydrogen (secondary N) is 2. The average Bonchev–Trinajstić information content (AvgIpc) is 3.05. The maximum absolute atomic E-state index is 13.6. The van der Waals surface area contributed by atoms with Crippen LogP contribution in [-0.4, -0.2) is 18.1 Å². The lowest BCUT2D eigenvalue weighted by Crippen LogP contribution is -2.15. The first-order chi connectivity index (χ1) is 8.54. The number of halogens is 2. The Labute approximate surface area is 106 Å². The van der Waals surface area contributed by atoms with E-state index in [4.69, 9.17) is 0 Å². The molecule has 2 rings (SSSR count). The molecule has 0 atom stereocenters. The summed E-state index contributed by atoms with van der Waals surface area (Å²) in [5, 5.41) is 5.82. The molecule has 0 amide bonds. The van der Waals surface area contributed by atoms with E-state index in [-0.39, 0.29) is 17.1 Å². The van der Waals surface area contributed by atoms with Crippen molar-refractivity contribution in [2.75, 3.05) is 23.7 Å². The molecule has 0 aromatic carbocycles. The summed E-state index contributed by atoms with van der Waals surface area (Å²) < 4.78 is 27.0. The van der Waals surface area contributed by atoms with Crippen LogP contribution in [0.5, 0.6) is 0 Å². The summed E-state index contributed by atoms with van der Waals surface area (Å²) in [7, 11) is 0. The SMILES string of the molecule is CCCNc1nc(NCC2(C)CC2)c(F)cc1F. The Kier molecular flexibility index (Phi) is 3.68. The third-order valence-corrected chi connectivity index (χ3v) is 3.26. The molecule has 0 saturated heterocycles. The number of nitrogens with zero attached hydrogens (tertiary/aromatic N) is 1. The van der Waals surface area contributed by atoms with E-state index in [1.165, 1.54) is 0 Å². The summed E-state index contributed by atoms with van der Waals surface area (Å²) >= 11 is 0. The van der Waals surface area contributed by atoms with E-state index in [2.05, 4.69) is 22.5 Å². The van der Waals surface area contributed by atoms with Gasteiger partial charge in [0.25, 0.3) is 0 Å². The summed E-state index contributed by atoms with van der Waals surface area (Å²) in [6, 6.07) is 0.878. The first kappa shape index (κ1) is 13.1. The molecule has 1 aliphatic carbocycles. The van der Waals surface area contributed by atoms with Crippen molar-refractivity contribution < 1.29 is 8.78 Å². The summed E-state index contributed by atoms with van der Waals surface area (Å²) in [4.78, 5) is 3.97. The van der Waals surface area contributed by atoms with Crippen LogP contribution in [0.2, 0.25) is 0 Å². The molecule has 1 aromatic rings. The maximum Gasteiger partial charge on any atom is 0.168 e. The molecule has 5 heteroatoms. The fraction of sp³-hybridized carbons (Fsp3) is 0.615. The molecular weight excluding hydrogens is 236 g/mol. The van der Waals surface area contributed by atoms with Crippen LogP contribution in [0.3, 0.4) is 0 Å². The van der Waals surface area contributed by atoms with E-state index in [0.29, 0.717) is 13.1 Å². The quantitative estimate of drug-likeness (QED) is 0.818. The molecule has 3 nitrogen and oxygen atoms in total. The minimum atomic E-state index is -0.649. The zero-order valence-corrected chi connectivity index (χ0v) is 10.8. The highest BCUT2D eigenvalue weighted by molar-refractivity contribution is 5.47. The zero-order valence-electron chi connectivity index (χ0n) is 10.8. The molecular formula is C13H19F2N3. The fourth-order valence-corrected chi connectivity index (χ4v) is 1.65. The van der Waals surface area contributed by atoms with Crippen LogP contribution >= 0.6 is 0 Å². The summed E-state index contributed by atoms with van der Waals surface area (Å²) in [5.74, 6) is -1.05. The van der Waals surface area contributed by atoms with Crippen molar-refractivity contribution in [3.05, 3.63) is 17.7 Å². The van der Waals surface area contributed by atoms with Crippen LogP contribution < -0.4 is 10.6 Å². The number of aromatic nitrogens is 1. The molecule has 1 aliphatic rings. The van der Waals surface area contributed by atoms with Crippen molar-refractivity contribution in [2.24, 2.45) is 5.41 Å². The van der Waals surface area contributed by atoms with Crippen LogP contribution in [0.15, 0.2) is 6.07 Å². The van der Waals surface area contributed by atoms with E-state index in [0.717, 1.165) is 25.3 Å². The topological polar surface area (TPSA) is 37.0 Å². The van der Waals surface area contributed by atoms with E-state index < -0.39 is 11.6 Å². The van der Waals surface area contributed by atoms with E-state index in [1.54, 1.807) is 0 Å². The zero-order chi connectivity index (χ0) is 13.2. The van der Waals surface area contributed by atoms with Crippen molar-refractivity contribution >= 4 is 11.6 Å². The van der Waals surface area contributed by atoms with E-state index in [9.17, 15) is 8.78 Å². The lowest BCUT2D eigenvalue weighted by atomic mass is 10.1. The van der Waals surface area contributed by atoms with Gasteiger partial charge in [-0.05, 0) is 24.7 Å². The van der Waals surface area contributed by atoms with E-state index in [1.807, 2.05) is 6.92 Å². The van der Waals surface area contributed by atoms with Crippen LogP contribution in [0, 0.1) is 17.0 Å². The first-order valence-corrected chi connectivity index (χ1v) is 6.38. The Bertz CT molecular complexity index is 430. The molecule has 0 radical (unpaired) electrons. The summed E-state index contributed by atoms with van der Waals surface area (Å²) in [6.45, 7) is 5.40. The van der Waals surface area contributed by atoms with Gasteiger partial charge in [-0.15, -0.1) is 0 Å². The number of anilines is 2. The highest BCUT2D eigenvalue weighted by Crippen LogP contribution is 2.44. The molecule has 1 fully saturated rings. The molecule has 0 unspecified atom stereocenters. The predicted octanol–water partition coefficient (Wildman–Crippen LogP) is 3.39. The Hall–Kier alpha value is -1.39. The third kappa shape index (κ3) is 3.09. The molecule has 1 aromatic heterocycles. The van der Waals surface area contributed by atoms with Crippen LogP contribution in [0.1, 0.15) is 33.1 Å². The van der Waals surface area contributed by atoms with Gasteiger partial charge in [0.1, 0.15) is 0 Å². The number of rotatable bonds is 6. The lowest BCUT2D eigenvalue weighted by molar-refractivity contribution is 0.569. The molecule has 2 N–H and O–H groups in total. The van der Waals surface area contributed by atoms with Gasteiger partial charge in [-0.25, -0.2) is 13.8 Å². The molecule has 0 spiro atoms. The van der Waals surface area contributed by atoms with Gasteiger partial charge in [-0.1, -0.05) is 13.8 Å². The smallest absolute Gasteiger partial charge is 0.168 e. The van der Waals surface area contributed by atoms with Crippen molar-refractivity contribution in [1.82, 2.24) is 4.98 Å². The normalized spacial score (nSPS) is 16.4. The highest BCUT2D eigenvalue weighted by Gasteiger charge is 2.37. The molecule has 0 aliphatic heterocycles. The second kappa shape index (κ2) is 5.08. The van der Waals surface area contributed by atoms with Gasteiger partial charge in [0.05, 0.1) is 0 Å². The summed E-state index contributed by atoms with van der Waals surface area (Å²) in [6.07, 6.45) is 3.15. The van der Waals surface area contributed by atoms with E-state index >= 15 is 0 Å². The number of hydrogen-bond donors (Lipinski definition) is 2. The van der Waals surface area contributed by atoms with Gasteiger partial charge in [-0.2, -0.15) is 0 Å². The average molecular weight is 255 g/mol. The predicted molar refractivity (Wildman–Crippen MR) is 68.8 cm³/mol. The van der Waals surface area contributed by atoms with Gasteiger partial charge >= 0.3 is 0 Å². The number of pyridine rings is 1. The van der Waals surface area contributed by atoms with Gasteiger partial charge in [0.2, 0.25) is 0 Å². The van der Waals surface area contributed by atoms with Gasteiger partial charge < -0.3 is 10.6 Å². The third-order valence-electron chi connectivity index (χ3n) is 3.26. The van der Waals surface area contributed by atoms with Crippen molar-refractivity contribution in [2.45, 2.75) is 33.1 Å². The van der Waals surface area contributed by atoms with Crippen LogP contribution in [-0.2, 0) is 0 Å². The minimum Gasteiger partial charge on any atom is -0.368 e. The largest absolute Gasteiger partial charge is 0.368 e. The number of hydrogen-bond acceptors (Lipinski definition) is 3. The van der Waals surface area contributed by atoms with Gasteiger partial charge in [0, 0.05) is 19.2 Å². The van der Waals surface area contributed by atoms with Gasteiger partial charge in [-0.3, -0.25) is 0 Å². The Morgan fingerprint density at radius 2 is 1.83 bits per heavy atom. The van der Waals surface area contributed by atoms with Crippen molar-refractivity contribution in [1.29, 1.82) is 0 Å². The Morgan fingerprint density at radius 1 is 1.22 bits per heavy atom. The van der Waals surface area contributed by atoms with Crippen molar-refractivity contribution in [3.8, 4) is 0 Å². The second-order valence-electron chi connectivity index (χ2n) is 5.24. The van der Waals surface area contributed by atoms with Gasteiger partial charge in [0.15, 0.2) is 23.3 Å². The molecule has 18 heavy (non-hydrogen) atoms. The minimum absolute atomic E-state index is 0.113. The Morgan fingerprint density at radius 3 is 2.39 bits per heavy atom. The molecule has 1 saturated carbocycles. The fourth-order valence-electron chi connectivity index (χ4n) is 1.65. The Balaban J connectivity index is 2.07. The monoisotopic (exact) mass is 255 g/mol. The second-order valence-corrected chi connectivity index (χ2v) is 5.24. The standard InChI is InChI=1S/C13H19F2N3/c1-3-6-16-11-9(14)7-10(15)12(18-11)17-8-13(2)4-5-13/h7H,3-6,8H2,1-2H3,(H2,16,17,18). The molecule has 1 heterocycles. The highest BCUT2D eigenvalue weighted by atomic mass is 19.1. The summed E-state index contributed by atoms with van der Waals surface area (Å²) in [5.41, 5.74) is 0.250. The maximum atomic E-state index is 13.6. The van der Waals surface area contributed by atoms with Crippen molar-refractivity contribution in [3.63, 3.8) is 0 Å². The van der Waals surface area contributed by atoms with Crippen LogP contribution in [0.25, 0.3) is 0 Å². The molecule has 100 valence electrons. The van der Waals surface area contributed by atoms with Crippen LogP contribution in [0.4, 0.5) is 20.4 Å². The first-order valence-electron chi connectivity index (χ1n) is 6.38. The molecule has 0 bridgehead atoms.